The van der Waals surface area contributed by atoms with E-state index >= 15 is 0 Å². The summed E-state index contributed by atoms with van der Waals surface area (Å²) in [7, 11) is 3.32. The molecule has 0 N–H and O–H groups in total. The maximum Gasteiger partial charge on any atom is 0.241 e. The van der Waals surface area contributed by atoms with Gasteiger partial charge in [-0.05, 0) is 64.9 Å². The zero-order chi connectivity index (χ0) is 19.9. The lowest BCUT2D eigenvalue weighted by atomic mass is 9.87. The molecular formula is C21H26N2O2S3. The number of fused-ring (bicyclic) bond motifs is 3. The third-order valence-electron chi connectivity index (χ3n) is 5.59. The van der Waals surface area contributed by atoms with Crippen LogP contribution >= 0.6 is 32.9 Å². The Kier molecular flexibility index (Phi) is 5.62. The minimum atomic E-state index is -0.416. The molecule has 0 spiro atoms. The van der Waals surface area contributed by atoms with Crippen LogP contribution in [0, 0.1) is 3.82 Å². The van der Waals surface area contributed by atoms with E-state index in [2.05, 4.69) is 18.7 Å². The van der Waals surface area contributed by atoms with Gasteiger partial charge in [0, 0.05) is 11.1 Å². The van der Waals surface area contributed by atoms with Crippen LogP contribution in [-0.2, 0) is 10.3 Å². The minimum absolute atomic E-state index is 0.160. The fraction of sp³-hybridized carbons (Fsp3) is 0.524. The highest BCUT2D eigenvalue weighted by atomic mass is 32.9. The maximum atomic E-state index is 13.5. The Bertz CT molecular complexity index is 941. The lowest BCUT2D eigenvalue weighted by molar-refractivity contribution is -0.121. The van der Waals surface area contributed by atoms with Gasteiger partial charge in [0.05, 0.1) is 29.3 Å². The summed E-state index contributed by atoms with van der Waals surface area (Å²) in [5, 5.41) is 0. The number of hydrogen-bond donors (Lipinski definition) is 0. The Morgan fingerprint density at radius 3 is 2.68 bits per heavy atom. The normalized spacial score (nSPS) is 18.5. The molecule has 2 aliphatic rings. The first kappa shape index (κ1) is 20.0. The molecule has 1 saturated heterocycles. The van der Waals surface area contributed by atoms with Crippen LogP contribution in [0.5, 0.6) is 5.75 Å². The lowest BCUT2D eigenvalue weighted by Gasteiger charge is -2.44. The van der Waals surface area contributed by atoms with Crippen LogP contribution in [0.3, 0.4) is 0 Å². The summed E-state index contributed by atoms with van der Waals surface area (Å²) in [6, 6.07) is 6.03. The molecule has 150 valence electrons. The summed E-state index contributed by atoms with van der Waals surface area (Å²) in [5.74, 6) is 0.980. The number of hydrogen-bond acceptors (Lipinski definition) is 6. The average Bonchev–Trinajstić information content (AvgIpc) is 3.06. The summed E-state index contributed by atoms with van der Waals surface area (Å²) in [4.78, 5) is 19.0. The van der Waals surface area contributed by atoms with Gasteiger partial charge in [0.1, 0.15) is 9.57 Å². The predicted molar refractivity (Wildman–Crippen MR) is 120 cm³/mol. The van der Waals surface area contributed by atoms with Crippen LogP contribution in [0.1, 0.15) is 44.9 Å². The topological polar surface area (TPSA) is 32.8 Å². The molecule has 0 bridgehead atoms. The van der Waals surface area contributed by atoms with Crippen molar-refractivity contribution in [2.24, 2.45) is 0 Å². The number of benzene rings is 1. The summed E-state index contributed by atoms with van der Waals surface area (Å²) in [5.41, 5.74) is 2.66. The van der Waals surface area contributed by atoms with Crippen molar-refractivity contribution in [1.29, 1.82) is 0 Å². The molecule has 0 radical (unpaired) electrons. The Balaban J connectivity index is 1.78. The van der Waals surface area contributed by atoms with E-state index in [0.717, 1.165) is 39.5 Å². The van der Waals surface area contributed by atoms with Crippen LogP contribution in [0.25, 0.3) is 11.1 Å². The molecule has 7 heteroatoms. The molecule has 4 rings (SSSR count). The quantitative estimate of drug-likeness (QED) is 0.458. The fourth-order valence-electron chi connectivity index (χ4n) is 4.29. The summed E-state index contributed by atoms with van der Waals surface area (Å²) in [6.07, 6.45) is 3.63. The van der Waals surface area contributed by atoms with E-state index in [1.54, 1.807) is 20.7 Å². The van der Waals surface area contributed by atoms with Crippen molar-refractivity contribution in [3.63, 3.8) is 0 Å². The molecule has 0 aliphatic carbocycles. The summed E-state index contributed by atoms with van der Waals surface area (Å²) in [6.45, 7) is 9.36. The molecule has 1 fully saturated rings. The average molecular weight is 435 g/mol. The molecule has 2 aromatic rings. The zero-order valence-electron chi connectivity index (χ0n) is 16.6. The second kappa shape index (κ2) is 7.86. The van der Waals surface area contributed by atoms with E-state index in [9.17, 15) is 4.79 Å². The molecular weight excluding hydrogens is 408 g/mol. The van der Waals surface area contributed by atoms with Gasteiger partial charge in [-0.3, -0.25) is 9.69 Å². The summed E-state index contributed by atoms with van der Waals surface area (Å²) >= 11 is 5.67. The molecule has 0 unspecified atom stereocenters. The molecule has 1 aromatic carbocycles. The van der Waals surface area contributed by atoms with E-state index in [-0.39, 0.29) is 5.91 Å². The van der Waals surface area contributed by atoms with Crippen LogP contribution in [0.15, 0.2) is 18.2 Å². The molecule has 0 atom stereocenters. The zero-order valence-corrected chi connectivity index (χ0v) is 19.1. The van der Waals surface area contributed by atoms with Gasteiger partial charge in [0.15, 0.2) is 0 Å². The fourth-order valence-corrected chi connectivity index (χ4v) is 7.57. The predicted octanol–water partition coefficient (Wildman–Crippen LogP) is 5.67. The van der Waals surface area contributed by atoms with Gasteiger partial charge in [-0.2, -0.15) is 0 Å². The SMILES string of the molecule is CCOc1ccc2c(c1)-c1c(ssc1=S)C(C)(C)N2C(=O)CN1CCCCC1. The van der Waals surface area contributed by atoms with Crippen LogP contribution < -0.4 is 9.64 Å². The van der Waals surface area contributed by atoms with Gasteiger partial charge < -0.3 is 9.64 Å². The van der Waals surface area contributed by atoms with Crippen LogP contribution in [-0.4, -0.2) is 37.0 Å². The Hall–Kier alpha value is -1.28. The molecule has 2 aliphatic heterocycles. The minimum Gasteiger partial charge on any atom is -0.494 e. The van der Waals surface area contributed by atoms with Crippen molar-refractivity contribution < 1.29 is 9.53 Å². The number of rotatable bonds is 4. The first-order valence-electron chi connectivity index (χ1n) is 9.89. The van der Waals surface area contributed by atoms with Crippen molar-refractivity contribution in [3.05, 3.63) is 26.9 Å². The number of carbonyl (C=O) groups is 1. The summed E-state index contributed by atoms with van der Waals surface area (Å²) < 4.78 is 6.63. The number of ether oxygens (including phenoxy) is 1. The van der Waals surface area contributed by atoms with Gasteiger partial charge in [-0.25, -0.2) is 0 Å². The number of amides is 1. The third kappa shape index (κ3) is 3.43. The molecule has 1 amide bonds. The largest absolute Gasteiger partial charge is 0.494 e. The van der Waals surface area contributed by atoms with E-state index < -0.39 is 5.54 Å². The first-order valence-corrected chi connectivity index (χ1v) is 12.5. The Morgan fingerprint density at radius 1 is 1.21 bits per heavy atom. The molecule has 4 nitrogen and oxygen atoms in total. The molecule has 1 aromatic heterocycles. The number of nitrogens with zero attached hydrogens (tertiary/aromatic N) is 2. The van der Waals surface area contributed by atoms with Crippen molar-refractivity contribution in [2.75, 3.05) is 31.1 Å². The Labute approximate surface area is 179 Å². The first-order chi connectivity index (χ1) is 13.4. The van der Waals surface area contributed by atoms with Gasteiger partial charge >= 0.3 is 0 Å². The van der Waals surface area contributed by atoms with Gasteiger partial charge in [-0.1, -0.05) is 39.3 Å². The van der Waals surface area contributed by atoms with Gasteiger partial charge in [-0.15, -0.1) is 0 Å². The molecule has 28 heavy (non-hydrogen) atoms. The number of anilines is 1. The number of carbonyl (C=O) groups excluding carboxylic acids is 1. The van der Waals surface area contributed by atoms with E-state index in [1.807, 2.05) is 30.0 Å². The monoisotopic (exact) mass is 434 g/mol. The lowest BCUT2D eigenvalue weighted by Crippen LogP contribution is -2.51. The van der Waals surface area contributed by atoms with Crippen molar-refractivity contribution >= 4 is 44.5 Å². The van der Waals surface area contributed by atoms with Crippen LogP contribution in [0.2, 0.25) is 0 Å². The number of likely N-dealkylation sites (tertiary alicyclic amines) is 1. The van der Waals surface area contributed by atoms with Gasteiger partial charge in [0.25, 0.3) is 0 Å². The maximum absolute atomic E-state index is 13.5. The van der Waals surface area contributed by atoms with E-state index in [1.165, 1.54) is 24.1 Å². The highest BCUT2D eigenvalue weighted by Crippen LogP contribution is 2.52. The second-order valence-electron chi connectivity index (χ2n) is 7.90. The van der Waals surface area contributed by atoms with Gasteiger partial charge in [0.2, 0.25) is 5.91 Å². The highest BCUT2D eigenvalue weighted by Gasteiger charge is 2.43. The standard InChI is InChI=1S/C21H26N2O2S3/c1-4-25-14-8-9-16-15(12-14)18-19(27-28-20(18)26)21(2,3)23(16)17(24)13-22-10-6-5-7-11-22/h8-9,12H,4-7,10-11,13H2,1-3H3. The molecule has 3 heterocycles. The van der Waals surface area contributed by atoms with E-state index in [0.29, 0.717) is 13.2 Å². The van der Waals surface area contributed by atoms with E-state index in [4.69, 9.17) is 17.0 Å². The van der Waals surface area contributed by atoms with Crippen LogP contribution in [0.4, 0.5) is 5.69 Å². The Morgan fingerprint density at radius 2 is 1.96 bits per heavy atom. The third-order valence-corrected chi connectivity index (χ3v) is 8.92. The van der Waals surface area contributed by atoms with Crippen molar-refractivity contribution in [2.45, 2.75) is 45.6 Å². The second-order valence-corrected chi connectivity index (χ2v) is 10.7. The smallest absolute Gasteiger partial charge is 0.241 e. The number of piperidine rings is 1. The van der Waals surface area contributed by atoms with Crippen molar-refractivity contribution in [1.82, 2.24) is 4.90 Å². The van der Waals surface area contributed by atoms with Crippen molar-refractivity contribution in [3.8, 4) is 16.9 Å². The molecule has 0 saturated carbocycles. The highest BCUT2D eigenvalue weighted by molar-refractivity contribution is 7.80.